The molecule has 2 aliphatic carbocycles. The SMILES string of the molecule is COC(=O)c1sc(C#CC(C)(C)COC2CCOCC2)cc1N(C(=O)C1CCC(C)CC1)C1CCC(O)CC1. The van der Waals surface area contributed by atoms with Crippen molar-refractivity contribution in [1.82, 2.24) is 0 Å². The molecule has 1 saturated heterocycles. The molecule has 0 spiro atoms. The minimum Gasteiger partial charge on any atom is -0.465 e. The summed E-state index contributed by atoms with van der Waals surface area (Å²) in [5, 5.41) is 10.1. The molecule has 1 amide bonds. The third-order valence-corrected chi connectivity index (χ3v) is 9.37. The third kappa shape index (κ3) is 8.07. The lowest BCUT2D eigenvalue weighted by Gasteiger charge is -2.38. The molecule has 1 aromatic rings. The predicted molar refractivity (Wildman–Crippen MR) is 153 cm³/mol. The molecule has 7 nitrogen and oxygen atoms in total. The number of carbonyl (C=O) groups is 2. The van der Waals surface area contributed by atoms with Crippen LogP contribution >= 0.6 is 11.3 Å². The second-order valence-electron chi connectivity index (χ2n) is 12.2. The van der Waals surface area contributed by atoms with Crippen molar-refractivity contribution in [1.29, 1.82) is 0 Å². The van der Waals surface area contributed by atoms with E-state index in [1.165, 1.54) is 18.4 Å². The fraction of sp³-hybridized carbons (Fsp3) is 0.742. The summed E-state index contributed by atoms with van der Waals surface area (Å²) in [7, 11) is 1.37. The van der Waals surface area contributed by atoms with E-state index in [1.54, 1.807) is 0 Å². The number of methoxy groups -OCH3 is 1. The van der Waals surface area contributed by atoms with Gasteiger partial charge in [-0.25, -0.2) is 4.79 Å². The van der Waals surface area contributed by atoms with Crippen molar-refractivity contribution in [2.24, 2.45) is 17.3 Å². The number of hydrogen-bond acceptors (Lipinski definition) is 7. The van der Waals surface area contributed by atoms with Crippen molar-refractivity contribution >= 4 is 28.9 Å². The molecule has 1 N–H and O–H groups in total. The van der Waals surface area contributed by atoms with E-state index in [0.717, 1.165) is 56.6 Å². The van der Waals surface area contributed by atoms with Crippen LogP contribution in [0.15, 0.2) is 6.07 Å². The smallest absolute Gasteiger partial charge is 0.350 e. The fourth-order valence-corrected chi connectivity index (χ4v) is 6.73. The van der Waals surface area contributed by atoms with Crippen LogP contribution in [0, 0.1) is 29.1 Å². The fourth-order valence-electron chi connectivity index (χ4n) is 5.81. The Labute approximate surface area is 237 Å². The number of aliphatic hydroxyl groups is 1. The topological polar surface area (TPSA) is 85.3 Å². The highest BCUT2D eigenvalue weighted by Gasteiger charge is 2.37. The van der Waals surface area contributed by atoms with E-state index in [1.807, 2.05) is 11.0 Å². The van der Waals surface area contributed by atoms with E-state index in [2.05, 4.69) is 32.6 Å². The van der Waals surface area contributed by atoms with E-state index < -0.39 is 5.97 Å². The van der Waals surface area contributed by atoms with E-state index in [-0.39, 0.29) is 35.5 Å². The summed E-state index contributed by atoms with van der Waals surface area (Å²) in [6.07, 6.45) is 8.25. The third-order valence-electron chi connectivity index (χ3n) is 8.35. The molecule has 1 aliphatic heterocycles. The summed E-state index contributed by atoms with van der Waals surface area (Å²) in [6, 6.07) is 1.84. The van der Waals surface area contributed by atoms with Crippen LogP contribution in [-0.4, -0.2) is 62.2 Å². The molecule has 3 fully saturated rings. The average Bonchev–Trinajstić information content (AvgIpc) is 3.36. The monoisotopic (exact) mass is 559 g/mol. The van der Waals surface area contributed by atoms with Crippen LogP contribution in [0.4, 0.5) is 5.69 Å². The van der Waals surface area contributed by atoms with E-state index >= 15 is 0 Å². The molecule has 3 aliphatic rings. The van der Waals surface area contributed by atoms with Crippen molar-refractivity contribution in [3.8, 4) is 11.8 Å². The molecule has 0 bridgehead atoms. The van der Waals surface area contributed by atoms with Crippen molar-refractivity contribution < 1.29 is 28.9 Å². The summed E-state index contributed by atoms with van der Waals surface area (Å²) < 4.78 is 16.7. The number of aliphatic hydroxyl groups excluding tert-OH is 1. The Morgan fingerprint density at radius 3 is 2.38 bits per heavy atom. The van der Waals surface area contributed by atoms with Crippen LogP contribution in [0.25, 0.3) is 0 Å². The van der Waals surface area contributed by atoms with Crippen LogP contribution in [0.2, 0.25) is 0 Å². The van der Waals surface area contributed by atoms with Gasteiger partial charge in [-0.15, -0.1) is 11.3 Å². The molecule has 2 saturated carbocycles. The lowest BCUT2D eigenvalue weighted by molar-refractivity contribution is -0.124. The number of thiophene rings is 1. The number of hydrogen-bond donors (Lipinski definition) is 1. The van der Waals surface area contributed by atoms with E-state index in [4.69, 9.17) is 14.2 Å². The van der Waals surface area contributed by atoms with Crippen molar-refractivity contribution in [3.63, 3.8) is 0 Å². The van der Waals surface area contributed by atoms with Crippen LogP contribution < -0.4 is 4.90 Å². The number of carbonyl (C=O) groups excluding carboxylic acids is 2. The van der Waals surface area contributed by atoms with Crippen LogP contribution in [-0.2, 0) is 19.0 Å². The van der Waals surface area contributed by atoms with Crippen LogP contribution in [0.3, 0.4) is 0 Å². The molecule has 8 heteroatoms. The lowest BCUT2D eigenvalue weighted by Crippen LogP contribution is -2.47. The maximum atomic E-state index is 14.1. The zero-order valence-corrected chi connectivity index (χ0v) is 24.8. The van der Waals surface area contributed by atoms with Gasteiger partial charge in [-0.05, 0) is 90.0 Å². The largest absolute Gasteiger partial charge is 0.465 e. The lowest BCUT2D eigenvalue weighted by atomic mass is 9.81. The molecule has 0 unspecified atom stereocenters. The van der Waals surface area contributed by atoms with Gasteiger partial charge in [0, 0.05) is 30.6 Å². The summed E-state index contributed by atoms with van der Waals surface area (Å²) in [4.78, 5) is 30.0. The molecule has 0 atom stereocenters. The van der Waals surface area contributed by atoms with E-state index in [0.29, 0.717) is 48.8 Å². The Kier molecular flexibility index (Phi) is 10.5. The number of amides is 1. The highest BCUT2D eigenvalue weighted by molar-refractivity contribution is 7.15. The standard InChI is InChI=1S/C31H45NO6S/c1-21-5-7-22(8-6-21)29(34)32(23-9-11-24(33)12-10-23)27-19-26(39-28(27)30(35)36-4)13-16-31(2,3)20-38-25-14-17-37-18-15-25/h19,21-25,33H,5-12,14-15,17-18,20H2,1-4H3. The first-order valence-electron chi connectivity index (χ1n) is 14.6. The number of anilines is 1. The molecule has 4 rings (SSSR count). The van der Waals surface area contributed by atoms with Gasteiger partial charge in [0.05, 0.1) is 36.5 Å². The minimum absolute atomic E-state index is 0.0470. The van der Waals surface area contributed by atoms with E-state index in [9.17, 15) is 14.7 Å². The quantitative estimate of drug-likeness (QED) is 0.347. The highest BCUT2D eigenvalue weighted by atomic mass is 32.1. The van der Waals surface area contributed by atoms with Gasteiger partial charge in [0.25, 0.3) is 0 Å². The van der Waals surface area contributed by atoms with Gasteiger partial charge in [-0.1, -0.05) is 18.8 Å². The number of nitrogens with zero attached hydrogens (tertiary/aromatic N) is 1. The summed E-state index contributed by atoms with van der Waals surface area (Å²) >= 11 is 1.29. The van der Waals surface area contributed by atoms with Gasteiger partial charge in [0.2, 0.25) is 5.91 Å². The molecular formula is C31H45NO6S. The molecule has 216 valence electrons. The van der Waals surface area contributed by atoms with Crippen molar-refractivity contribution in [2.75, 3.05) is 31.8 Å². The van der Waals surface area contributed by atoms with Crippen molar-refractivity contribution in [3.05, 3.63) is 15.8 Å². The first-order valence-corrected chi connectivity index (χ1v) is 15.4. The highest BCUT2D eigenvalue weighted by Crippen LogP contribution is 2.39. The zero-order chi connectivity index (χ0) is 28.0. The Balaban J connectivity index is 1.60. The molecule has 0 aromatic carbocycles. The Morgan fingerprint density at radius 1 is 1.08 bits per heavy atom. The Morgan fingerprint density at radius 2 is 1.74 bits per heavy atom. The Hall–Kier alpha value is -1.92. The molecular weight excluding hydrogens is 514 g/mol. The zero-order valence-electron chi connectivity index (χ0n) is 24.0. The van der Waals surface area contributed by atoms with Gasteiger partial charge < -0.3 is 24.2 Å². The maximum Gasteiger partial charge on any atom is 0.350 e. The number of rotatable bonds is 7. The molecule has 39 heavy (non-hydrogen) atoms. The van der Waals surface area contributed by atoms with Gasteiger partial charge in [-0.3, -0.25) is 4.79 Å². The molecule has 2 heterocycles. The first-order chi connectivity index (χ1) is 18.7. The van der Waals surface area contributed by atoms with Crippen molar-refractivity contribution in [2.45, 2.75) is 103 Å². The molecule has 1 aromatic heterocycles. The number of esters is 1. The summed E-state index contributed by atoms with van der Waals surface area (Å²) in [5.74, 6) is 6.87. The Bertz CT molecular complexity index is 1030. The van der Waals surface area contributed by atoms with Gasteiger partial charge in [-0.2, -0.15) is 0 Å². The van der Waals surface area contributed by atoms with Crippen LogP contribution in [0.5, 0.6) is 0 Å². The minimum atomic E-state index is -0.448. The second kappa shape index (κ2) is 13.6. The van der Waals surface area contributed by atoms with Crippen LogP contribution in [0.1, 0.15) is 99.5 Å². The predicted octanol–water partition coefficient (Wildman–Crippen LogP) is 5.57. The average molecular weight is 560 g/mol. The van der Waals surface area contributed by atoms with Gasteiger partial charge >= 0.3 is 5.97 Å². The normalized spacial score (nSPS) is 26.4. The first kappa shape index (κ1) is 30.0. The summed E-state index contributed by atoms with van der Waals surface area (Å²) in [6.45, 7) is 8.35. The molecule has 0 radical (unpaired) electrons. The van der Waals surface area contributed by atoms with Gasteiger partial charge in [0.15, 0.2) is 0 Å². The summed E-state index contributed by atoms with van der Waals surface area (Å²) in [5.41, 5.74) is 0.235. The second-order valence-corrected chi connectivity index (χ2v) is 13.3. The number of ether oxygens (including phenoxy) is 3. The maximum absolute atomic E-state index is 14.1. The van der Waals surface area contributed by atoms with Gasteiger partial charge in [0.1, 0.15) is 4.88 Å².